The van der Waals surface area contributed by atoms with Crippen molar-refractivity contribution >= 4 is 17.6 Å². The molecule has 0 radical (unpaired) electrons. The predicted molar refractivity (Wildman–Crippen MR) is 69.2 cm³/mol. The molecule has 104 valence electrons. The third kappa shape index (κ3) is 4.95. The molecule has 0 aliphatic carbocycles. The number of nitrogens with two attached hydrogens (primary N) is 1. The van der Waals surface area contributed by atoms with E-state index in [4.69, 9.17) is 10.8 Å². The van der Waals surface area contributed by atoms with E-state index in [1.54, 1.807) is 6.92 Å². The van der Waals surface area contributed by atoms with Crippen molar-refractivity contribution in [2.75, 3.05) is 5.73 Å². The van der Waals surface area contributed by atoms with E-state index in [0.29, 0.717) is 12.8 Å². The van der Waals surface area contributed by atoms with Crippen molar-refractivity contribution in [3.63, 3.8) is 0 Å². The van der Waals surface area contributed by atoms with Gasteiger partial charge in [-0.3, -0.25) is 9.59 Å². The van der Waals surface area contributed by atoms with Crippen LogP contribution in [0, 0.1) is 5.82 Å². The Labute approximate surface area is 110 Å². The largest absolute Gasteiger partial charge is 0.481 e. The predicted octanol–water partition coefficient (Wildman–Crippen LogP) is 1.78. The molecule has 1 rings (SSSR count). The van der Waals surface area contributed by atoms with Crippen LogP contribution in [-0.2, 0) is 4.79 Å². The Hall–Kier alpha value is -2.11. The third-order valence-electron chi connectivity index (χ3n) is 2.67. The van der Waals surface area contributed by atoms with Crippen molar-refractivity contribution in [1.29, 1.82) is 0 Å². The van der Waals surface area contributed by atoms with Gasteiger partial charge >= 0.3 is 5.97 Å². The van der Waals surface area contributed by atoms with Crippen LogP contribution in [0.2, 0.25) is 0 Å². The summed E-state index contributed by atoms with van der Waals surface area (Å²) < 4.78 is 13.2. The quantitative estimate of drug-likeness (QED) is 0.686. The fourth-order valence-corrected chi connectivity index (χ4v) is 1.61. The molecule has 4 N–H and O–H groups in total. The van der Waals surface area contributed by atoms with Gasteiger partial charge in [0.05, 0.1) is 5.69 Å². The van der Waals surface area contributed by atoms with E-state index >= 15 is 0 Å². The van der Waals surface area contributed by atoms with E-state index < -0.39 is 17.7 Å². The highest BCUT2D eigenvalue weighted by atomic mass is 19.1. The Morgan fingerprint density at radius 1 is 1.47 bits per heavy atom. The van der Waals surface area contributed by atoms with Gasteiger partial charge in [-0.2, -0.15) is 0 Å². The van der Waals surface area contributed by atoms with E-state index in [0.717, 1.165) is 6.07 Å². The van der Waals surface area contributed by atoms with Crippen LogP contribution in [0.1, 0.15) is 36.5 Å². The maximum Gasteiger partial charge on any atom is 0.303 e. The van der Waals surface area contributed by atoms with E-state index in [1.165, 1.54) is 12.1 Å². The standard InChI is InChI=1S/C13H17FN2O3/c1-8(3-2-4-12(17)18)16-13(19)9-5-6-11(15)10(14)7-9/h5-8H,2-4,15H2,1H3,(H,16,19)(H,17,18). The molecule has 1 unspecified atom stereocenters. The van der Waals surface area contributed by atoms with Crippen molar-refractivity contribution in [3.05, 3.63) is 29.6 Å². The van der Waals surface area contributed by atoms with Gasteiger partial charge in [0.2, 0.25) is 0 Å². The highest BCUT2D eigenvalue weighted by Crippen LogP contribution is 2.12. The number of aliphatic carboxylic acids is 1. The number of carboxylic acids is 1. The minimum Gasteiger partial charge on any atom is -0.481 e. The molecule has 0 fully saturated rings. The highest BCUT2D eigenvalue weighted by Gasteiger charge is 2.11. The Morgan fingerprint density at radius 3 is 2.74 bits per heavy atom. The van der Waals surface area contributed by atoms with E-state index in [1.807, 2.05) is 0 Å². The Bertz CT molecular complexity index is 477. The monoisotopic (exact) mass is 268 g/mol. The first kappa shape index (κ1) is 14.9. The lowest BCUT2D eigenvalue weighted by molar-refractivity contribution is -0.137. The second kappa shape index (κ2) is 6.72. The lowest BCUT2D eigenvalue weighted by atomic mass is 10.1. The molecular formula is C13H17FN2O3. The first-order valence-electron chi connectivity index (χ1n) is 5.98. The molecule has 1 aromatic carbocycles. The number of hydrogen-bond acceptors (Lipinski definition) is 3. The molecule has 6 heteroatoms. The number of nitrogens with one attached hydrogen (secondary N) is 1. The number of amides is 1. The highest BCUT2D eigenvalue weighted by molar-refractivity contribution is 5.94. The Kier molecular flexibility index (Phi) is 5.29. The van der Waals surface area contributed by atoms with Crippen LogP contribution in [0.25, 0.3) is 0 Å². The van der Waals surface area contributed by atoms with Crippen LogP contribution in [0.4, 0.5) is 10.1 Å². The number of carboxylic acid groups (broad SMARTS) is 1. The SMILES string of the molecule is CC(CCCC(=O)O)NC(=O)c1ccc(N)c(F)c1. The van der Waals surface area contributed by atoms with Crippen LogP contribution >= 0.6 is 0 Å². The van der Waals surface area contributed by atoms with Gasteiger partial charge < -0.3 is 16.2 Å². The number of benzene rings is 1. The first-order valence-corrected chi connectivity index (χ1v) is 5.98. The molecule has 5 nitrogen and oxygen atoms in total. The van der Waals surface area contributed by atoms with Crippen LogP contribution < -0.4 is 11.1 Å². The minimum absolute atomic E-state index is 0.00828. The summed E-state index contributed by atoms with van der Waals surface area (Å²) in [6, 6.07) is 3.68. The second-order valence-corrected chi connectivity index (χ2v) is 4.40. The molecule has 0 heterocycles. The van der Waals surface area contributed by atoms with E-state index in [9.17, 15) is 14.0 Å². The Morgan fingerprint density at radius 2 is 2.16 bits per heavy atom. The van der Waals surface area contributed by atoms with Crippen molar-refractivity contribution in [1.82, 2.24) is 5.32 Å². The van der Waals surface area contributed by atoms with E-state index in [2.05, 4.69) is 5.32 Å². The van der Waals surface area contributed by atoms with Crippen molar-refractivity contribution in [3.8, 4) is 0 Å². The van der Waals surface area contributed by atoms with Gasteiger partial charge in [0.25, 0.3) is 5.91 Å². The van der Waals surface area contributed by atoms with Crippen molar-refractivity contribution in [2.45, 2.75) is 32.2 Å². The molecule has 0 aliphatic heterocycles. The number of nitrogen functional groups attached to an aromatic ring is 1. The number of hydrogen-bond donors (Lipinski definition) is 3. The van der Waals surface area contributed by atoms with Gasteiger partial charge in [-0.05, 0) is 38.0 Å². The number of anilines is 1. The molecule has 19 heavy (non-hydrogen) atoms. The summed E-state index contributed by atoms with van der Waals surface area (Å²) in [6.07, 6.45) is 1.10. The molecule has 0 saturated heterocycles. The number of carbonyl (C=O) groups is 2. The zero-order valence-corrected chi connectivity index (χ0v) is 10.6. The fraction of sp³-hybridized carbons (Fsp3) is 0.385. The average molecular weight is 268 g/mol. The molecule has 1 atom stereocenters. The molecule has 0 aromatic heterocycles. The van der Waals surface area contributed by atoms with Gasteiger partial charge in [-0.15, -0.1) is 0 Å². The topological polar surface area (TPSA) is 92.4 Å². The number of halogens is 1. The van der Waals surface area contributed by atoms with Gasteiger partial charge in [-0.25, -0.2) is 4.39 Å². The molecule has 0 saturated carbocycles. The molecular weight excluding hydrogens is 251 g/mol. The molecule has 0 spiro atoms. The third-order valence-corrected chi connectivity index (χ3v) is 2.67. The van der Waals surface area contributed by atoms with Crippen molar-refractivity contribution in [2.24, 2.45) is 0 Å². The first-order chi connectivity index (χ1) is 8.90. The number of rotatable bonds is 6. The normalized spacial score (nSPS) is 11.9. The van der Waals surface area contributed by atoms with Gasteiger partial charge in [-0.1, -0.05) is 0 Å². The van der Waals surface area contributed by atoms with Crippen LogP contribution in [0.3, 0.4) is 0 Å². The van der Waals surface area contributed by atoms with Gasteiger partial charge in [0, 0.05) is 18.0 Å². The maximum atomic E-state index is 13.2. The van der Waals surface area contributed by atoms with Crippen molar-refractivity contribution < 1.29 is 19.1 Å². The summed E-state index contributed by atoms with van der Waals surface area (Å²) in [4.78, 5) is 22.1. The molecule has 1 amide bonds. The molecule has 0 bridgehead atoms. The minimum atomic E-state index is -0.862. The van der Waals surface area contributed by atoms with Crippen LogP contribution in [0.5, 0.6) is 0 Å². The fourth-order valence-electron chi connectivity index (χ4n) is 1.61. The zero-order valence-electron chi connectivity index (χ0n) is 10.6. The Balaban J connectivity index is 2.49. The maximum absolute atomic E-state index is 13.2. The second-order valence-electron chi connectivity index (χ2n) is 4.40. The average Bonchev–Trinajstić information content (AvgIpc) is 2.32. The summed E-state index contributed by atoms with van der Waals surface area (Å²) in [5.74, 6) is -1.90. The van der Waals surface area contributed by atoms with Crippen LogP contribution in [0.15, 0.2) is 18.2 Å². The summed E-state index contributed by atoms with van der Waals surface area (Å²) in [5, 5.41) is 11.2. The lowest BCUT2D eigenvalue weighted by Crippen LogP contribution is -2.32. The van der Waals surface area contributed by atoms with E-state index in [-0.39, 0.29) is 23.7 Å². The summed E-state index contributed by atoms with van der Waals surface area (Å²) in [5.41, 5.74) is 5.51. The summed E-state index contributed by atoms with van der Waals surface area (Å²) >= 11 is 0. The van der Waals surface area contributed by atoms with Gasteiger partial charge in [0.15, 0.2) is 0 Å². The summed E-state index contributed by atoms with van der Waals surface area (Å²) in [7, 11) is 0. The van der Waals surface area contributed by atoms with Gasteiger partial charge in [0.1, 0.15) is 5.82 Å². The zero-order chi connectivity index (χ0) is 14.4. The number of carbonyl (C=O) groups excluding carboxylic acids is 1. The van der Waals surface area contributed by atoms with Crippen LogP contribution in [-0.4, -0.2) is 23.0 Å². The lowest BCUT2D eigenvalue weighted by Gasteiger charge is -2.13. The smallest absolute Gasteiger partial charge is 0.303 e. The summed E-state index contributed by atoms with van der Waals surface area (Å²) in [6.45, 7) is 1.77. The molecule has 0 aliphatic rings. The molecule has 1 aromatic rings.